The van der Waals surface area contributed by atoms with E-state index in [2.05, 4.69) is 64.8 Å². The van der Waals surface area contributed by atoms with E-state index in [1.54, 1.807) is 0 Å². The van der Waals surface area contributed by atoms with Crippen molar-refractivity contribution in [1.29, 1.82) is 0 Å². The van der Waals surface area contributed by atoms with E-state index in [1.807, 2.05) is 22.9 Å². The molecule has 26 heavy (non-hydrogen) atoms. The summed E-state index contributed by atoms with van der Waals surface area (Å²) in [6, 6.07) is 16.8. The maximum Gasteiger partial charge on any atom is 0.113 e. The van der Waals surface area contributed by atoms with Gasteiger partial charge in [-0.2, -0.15) is 0 Å². The van der Waals surface area contributed by atoms with E-state index < -0.39 is 0 Å². The van der Waals surface area contributed by atoms with Gasteiger partial charge in [0.2, 0.25) is 0 Å². The van der Waals surface area contributed by atoms with Crippen LogP contribution in [0.5, 0.6) is 0 Å². The Morgan fingerprint density at radius 3 is 2.38 bits per heavy atom. The van der Waals surface area contributed by atoms with E-state index in [9.17, 15) is 0 Å². The Labute approximate surface area is 155 Å². The molecule has 3 aromatic rings. The van der Waals surface area contributed by atoms with E-state index in [0.717, 1.165) is 36.4 Å². The van der Waals surface area contributed by atoms with Crippen LogP contribution in [0.3, 0.4) is 0 Å². The zero-order valence-electron chi connectivity index (χ0n) is 15.7. The molecule has 0 bridgehead atoms. The van der Waals surface area contributed by atoms with Crippen molar-refractivity contribution in [3.63, 3.8) is 0 Å². The molecule has 0 saturated carbocycles. The number of hydrogen-bond donors (Lipinski definition) is 1. The molecule has 2 aromatic carbocycles. The molecule has 0 aliphatic carbocycles. The van der Waals surface area contributed by atoms with Crippen molar-refractivity contribution in [3.05, 3.63) is 48.5 Å². The largest absolute Gasteiger partial charge is 0.371 e. The molecule has 5 heteroatoms. The molecule has 1 fully saturated rings. The summed E-state index contributed by atoms with van der Waals surface area (Å²) in [7, 11) is 2.07. The lowest BCUT2D eigenvalue weighted by Gasteiger charge is -2.42. The standard InChI is InChI=1S/C21H27N5/c1-3-21(16-22-2)12-14-25(15-13-21)17-8-10-18(11-9-17)26-20-7-5-4-6-19(20)23-24-26/h4-11,22H,3,12-16H2,1-2H3. The molecule has 0 radical (unpaired) electrons. The summed E-state index contributed by atoms with van der Waals surface area (Å²) in [5.74, 6) is 0. The highest BCUT2D eigenvalue weighted by molar-refractivity contribution is 5.76. The second-order valence-corrected chi connectivity index (χ2v) is 7.38. The van der Waals surface area contributed by atoms with E-state index in [4.69, 9.17) is 0 Å². The van der Waals surface area contributed by atoms with Crippen LogP contribution in [-0.2, 0) is 0 Å². The van der Waals surface area contributed by atoms with Crippen LogP contribution in [0.4, 0.5) is 5.69 Å². The third kappa shape index (κ3) is 3.07. The Kier molecular flexibility index (Phi) is 4.64. The van der Waals surface area contributed by atoms with Gasteiger partial charge in [-0.25, -0.2) is 4.68 Å². The van der Waals surface area contributed by atoms with Gasteiger partial charge in [0.25, 0.3) is 0 Å². The van der Waals surface area contributed by atoms with Crippen molar-refractivity contribution in [2.75, 3.05) is 31.6 Å². The van der Waals surface area contributed by atoms with Gasteiger partial charge in [0, 0.05) is 25.3 Å². The van der Waals surface area contributed by atoms with E-state index in [-0.39, 0.29) is 0 Å². The maximum atomic E-state index is 4.30. The summed E-state index contributed by atoms with van der Waals surface area (Å²) in [6.07, 6.45) is 3.75. The Bertz CT molecular complexity index is 859. The molecule has 1 aromatic heterocycles. The number of benzene rings is 2. The Morgan fingerprint density at radius 1 is 1.00 bits per heavy atom. The zero-order valence-corrected chi connectivity index (χ0v) is 15.7. The zero-order chi connectivity index (χ0) is 18.0. The third-order valence-corrected chi connectivity index (χ3v) is 5.94. The summed E-state index contributed by atoms with van der Waals surface area (Å²) in [5, 5.41) is 11.9. The van der Waals surface area contributed by atoms with Crippen molar-refractivity contribution in [2.24, 2.45) is 5.41 Å². The summed E-state index contributed by atoms with van der Waals surface area (Å²) in [5.41, 5.74) is 4.78. The first-order valence-corrected chi connectivity index (χ1v) is 9.55. The van der Waals surface area contributed by atoms with Crippen LogP contribution in [0.1, 0.15) is 26.2 Å². The monoisotopic (exact) mass is 349 g/mol. The minimum Gasteiger partial charge on any atom is -0.371 e. The number of nitrogens with one attached hydrogen (secondary N) is 1. The van der Waals surface area contributed by atoms with Gasteiger partial charge in [0.05, 0.1) is 11.2 Å². The van der Waals surface area contributed by atoms with Crippen LogP contribution < -0.4 is 10.2 Å². The highest BCUT2D eigenvalue weighted by Crippen LogP contribution is 2.36. The molecule has 0 atom stereocenters. The lowest BCUT2D eigenvalue weighted by atomic mass is 9.76. The van der Waals surface area contributed by atoms with Gasteiger partial charge in [0.1, 0.15) is 5.52 Å². The fraction of sp³-hybridized carbons (Fsp3) is 0.429. The van der Waals surface area contributed by atoms with E-state index >= 15 is 0 Å². The Balaban J connectivity index is 1.50. The van der Waals surface area contributed by atoms with Crippen molar-refractivity contribution in [3.8, 4) is 5.69 Å². The Morgan fingerprint density at radius 2 is 1.69 bits per heavy atom. The van der Waals surface area contributed by atoms with Crippen LogP contribution >= 0.6 is 0 Å². The number of anilines is 1. The van der Waals surface area contributed by atoms with Crippen molar-refractivity contribution >= 4 is 16.7 Å². The number of rotatable bonds is 5. The van der Waals surface area contributed by atoms with Gasteiger partial charge < -0.3 is 10.2 Å². The van der Waals surface area contributed by atoms with E-state index in [1.165, 1.54) is 24.9 Å². The third-order valence-electron chi connectivity index (χ3n) is 5.94. The summed E-state index contributed by atoms with van der Waals surface area (Å²) >= 11 is 0. The van der Waals surface area contributed by atoms with Gasteiger partial charge in [-0.05, 0) is 68.1 Å². The first kappa shape index (κ1) is 17.0. The van der Waals surface area contributed by atoms with Crippen LogP contribution in [0, 0.1) is 5.41 Å². The molecule has 4 rings (SSSR count). The lowest BCUT2D eigenvalue weighted by molar-refractivity contribution is 0.205. The maximum absolute atomic E-state index is 4.30. The molecule has 1 saturated heterocycles. The second-order valence-electron chi connectivity index (χ2n) is 7.38. The summed E-state index contributed by atoms with van der Waals surface area (Å²) in [4.78, 5) is 2.51. The first-order chi connectivity index (χ1) is 12.7. The van der Waals surface area contributed by atoms with Gasteiger partial charge in [-0.1, -0.05) is 24.3 Å². The highest BCUT2D eigenvalue weighted by atomic mass is 15.4. The van der Waals surface area contributed by atoms with Crippen molar-refractivity contribution < 1.29 is 0 Å². The molecule has 1 aliphatic heterocycles. The molecular formula is C21H27N5. The van der Waals surface area contributed by atoms with Crippen LogP contribution in [0.2, 0.25) is 0 Å². The average molecular weight is 349 g/mol. The minimum atomic E-state index is 0.463. The molecule has 0 spiro atoms. The number of para-hydroxylation sites is 1. The number of fused-ring (bicyclic) bond motifs is 1. The van der Waals surface area contributed by atoms with Crippen LogP contribution in [-0.4, -0.2) is 41.7 Å². The summed E-state index contributed by atoms with van der Waals surface area (Å²) in [6.45, 7) is 5.70. The molecule has 2 heterocycles. The molecule has 5 nitrogen and oxygen atoms in total. The molecule has 136 valence electrons. The number of nitrogens with zero attached hydrogens (tertiary/aromatic N) is 4. The molecule has 0 unspecified atom stereocenters. The van der Waals surface area contributed by atoms with Gasteiger partial charge in [-0.15, -0.1) is 5.10 Å². The van der Waals surface area contributed by atoms with Gasteiger partial charge in [0.15, 0.2) is 0 Å². The molecule has 0 amide bonds. The van der Waals surface area contributed by atoms with E-state index in [0.29, 0.717) is 5.41 Å². The normalized spacial score (nSPS) is 16.9. The second kappa shape index (κ2) is 7.08. The smallest absolute Gasteiger partial charge is 0.113 e. The molecule has 1 aliphatic rings. The van der Waals surface area contributed by atoms with Crippen LogP contribution in [0.25, 0.3) is 16.7 Å². The number of aromatic nitrogens is 3. The number of piperidine rings is 1. The average Bonchev–Trinajstić information content (AvgIpc) is 3.13. The summed E-state index contributed by atoms with van der Waals surface area (Å²) < 4.78 is 1.91. The van der Waals surface area contributed by atoms with Crippen molar-refractivity contribution in [2.45, 2.75) is 26.2 Å². The van der Waals surface area contributed by atoms with Crippen molar-refractivity contribution in [1.82, 2.24) is 20.3 Å². The number of hydrogen-bond acceptors (Lipinski definition) is 4. The minimum absolute atomic E-state index is 0.463. The van der Waals surface area contributed by atoms with Gasteiger partial charge in [-0.3, -0.25) is 0 Å². The van der Waals surface area contributed by atoms with Gasteiger partial charge >= 0.3 is 0 Å². The highest BCUT2D eigenvalue weighted by Gasteiger charge is 2.32. The predicted octanol–water partition coefficient (Wildman–Crippen LogP) is 3.64. The lowest BCUT2D eigenvalue weighted by Crippen LogP contribution is -2.44. The van der Waals surface area contributed by atoms with Crippen LogP contribution in [0.15, 0.2) is 48.5 Å². The molecular weight excluding hydrogens is 322 g/mol. The topological polar surface area (TPSA) is 46.0 Å². The fourth-order valence-electron chi connectivity index (χ4n) is 4.13. The molecule has 1 N–H and O–H groups in total. The Hall–Kier alpha value is -2.40. The quantitative estimate of drug-likeness (QED) is 0.764. The first-order valence-electron chi connectivity index (χ1n) is 9.55. The predicted molar refractivity (Wildman–Crippen MR) is 107 cm³/mol. The fourth-order valence-corrected chi connectivity index (χ4v) is 4.13. The SMILES string of the molecule is CCC1(CNC)CCN(c2ccc(-n3nnc4ccccc43)cc2)CC1.